The Hall–Kier alpha value is -7.43. The van der Waals surface area contributed by atoms with E-state index in [1.54, 1.807) is 0 Å². The minimum absolute atomic E-state index is 0.615. The molecule has 0 spiro atoms. The first-order valence-corrected chi connectivity index (χ1v) is 18.5. The van der Waals surface area contributed by atoms with E-state index in [0.29, 0.717) is 17.5 Å². The van der Waals surface area contributed by atoms with Crippen molar-refractivity contribution < 1.29 is 4.42 Å². The van der Waals surface area contributed by atoms with Crippen LogP contribution in [0.4, 0.5) is 0 Å². The summed E-state index contributed by atoms with van der Waals surface area (Å²) in [6, 6.07) is 66.0. The van der Waals surface area contributed by atoms with E-state index in [0.717, 1.165) is 70.9 Å². The van der Waals surface area contributed by atoms with E-state index in [1.165, 1.54) is 22.3 Å². The normalized spacial score (nSPS) is 11.6. The van der Waals surface area contributed by atoms with E-state index < -0.39 is 0 Å². The molecule has 0 atom stereocenters. The standard InChI is InChI=1S/C51H31N3O/c1-3-9-32(10-4-1)35-18-19-38-26-40(23-20-37(38)25-35)49-52-50(41-22-16-34-15-17-36(27-43(34)28-41)33-11-5-2-6-12-33)54-51(53-49)42-24-21-39-30-46-45-13-7-8-14-47(45)55-48(46)31-44(39)29-42/h1-31H. The van der Waals surface area contributed by atoms with E-state index in [4.69, 9.17) is 19.4 Å². The lowest BCUT2D eigenvalue weighted by Gasteiger charge is -2.11. The minimum atomic E-state index is 0.615. The molecule has 0 aliphatic heterocycles. The van der Waals surface area contributed by atoms with E-state index in [1.807, 2.05) is 24.3 Å². The van der Waals surface area contributed by atoms with Crippen LogP contribution < -0.4 is 0 Å². The Balaban J connectivity index is 1.06. The number of hydrogen-bond donors (Lipinski definition) is 0. The van der Waals surface area contributed by atoms with Gasteiger partial charge in [-0.1, -0.05) is 140 Å². The first kappa shape index (κ1) is 31.1. The molecule has 9 aromatic carbocycles. The van der Waals surface area contributed by atoms with Crippen LogP contribution in [0.25, 0.3) is 111 Å². The fourth-order valence-electron chi connectivity index (χ4n) is 7.76. The Morgan fingerprint density at radius 1 is 0.255 bits per heavy atom. The van der Waals surface area contributed by atoms with Gasteiger partial charge in [0.1, 0.15) is 11.2 Å². The minimum Gasteiger partial charge on any atom is -0.456 e. The van der Waals surface area contributed by atoms with Crippen LogP contribution in [0.5, 0.6) is 0 Å². The second kappa shape index (κ2) is 12.6. The van der Waals surface area contributed by atoms with Gasteiger partial charge in [0.25, 0.3) is 0 Å². The molecule has 0 N–H and O–H groups in total. The van der Waals surface area contributed by atoms with Gasteiger partial charge in [-0.3, -0.25) is 0 Å². The van der Waals surface area contributed by atoms with Crippen LogP contribution in [0, 0.1) is 0 Å². The average molecular weight is 702 g/mol. The lowest BCUT2D eigenvalue weighted by molar-refractivity contribution is 0.669. The summed E-state index contributed by atoms with van der Waals surface area (Å²) in [7, 11) is 0. The van der Waals surface area contributed by atoms with Crippen LogP contribution in [0.3, 0.4) is 0 Å². The van der Waals surface area contributed by atoms with Gasteiger partial charge >= 0.3 is 0 Å². The SMILES string of the molecule is c1ccc(-c2ccc3cc(-c4nc(-c5ccc6ccc(-c7ccccc7)cc6c5)nc(-c5ccc6cc7c(cc6c5)oc5ccccc57)n4)ccc3c2)cc1. The second-order valence-corrected chi connectivity index (χ2v) is 14.1. The van der Waals surface area contributed by atoms with Crippen molar-refractivity contribution >= 4 is 54.3 Å². The number of furan rings is 1. The topological polar surface area (TPSA) is 51.8 Å². The fourth-order valence-corrected chi connectivity index (χ4v) is 7.76. The van der Waals surface area contributed by atoms with E-state index in [9.17, 15) is 0 Å². The van der Waals surface area contributed by atoms with Crippen LogP contribution in [0.1, 0.15) is 0 Å². The number of aromatic nitrogens is 3. The van der Waals surface area contributed by atoms with Crippen molar-refractivity contribution in [2.45, 2.75) is 0 Å². The fraction of sp³-hybridized carbons (Fsp3) is 0. The van der Waals surface area contributed by atoms with Crippen LogP contribution in [0.15, 0.2) is 192 Å². The number of fused-ring (bicyclic) bond motifs is 6. The molecule has 0 saturated carbocycles. The molecule has 0 unspecified atom stereocenters. The van der Waals surface area contributed by atoms with Gasteiger partial charge in [0.15, 0.2) is 17.5 Å². The smallest absolute Gasteiger partial charge is 0.164 e. The highest BCUT2D eigenvalue weighted by atomic mass is 16.3. The van der Waals surface area contributed by atoms with Crippen molar-refractivity contribution in [1.82, 2.24) is 15.0 Å². The van der Waals surface area contributed by atoms with Gasteiger partial charge in [-0.25, -0.2) is 15.0 Å². The first-order chi connectivity index (χ1) is 27.2. The van der Waals surface area contributed by atoms with Gasteiger partial charge in [0.2, 0.25) is 0 Å². The van der Waals surface area contributed by atoms with Crippen molar-refractivity contribution in [2.24, 2.45) is 0 Å². The van der Waals surface area contributed by atoms with Gasteiger partial charge in [0.05, 0.1) is 0 Å². The highest BCUT2D eigenvalue weighted by Crippen LogP contribution is 2.35. The molecule has 0 radical (unpaired) electrons. The van der Waals surface area contributed by atoms with Crippen molar-refractivity contribution in [2.75, 3.05) is 0 Å². The van der Waals surface area contributed by atoms with Crippen molar-refractivity contribution in [3.8, 4) is 56.4 Å². The van der Waals surface area contributed by atoms with Gasteiger partial charge in [0, 0.05) is 27.5 Å². The van der Waals surface area contributed by atoms with E-state index in [2.05, 4.69) is 164 Å². The number of para-hydroxylation sites is 1. The summed E-state index contributed by atoms with van der Waals surface area (Å²) in [5.74, 6) is 1.86. The van der Waals surface area contributed by atoms with E-state index in [-0.39, 0.29) is 0 Å². The van der Waals surface area contributed by atoms with Gasteiger partial charge in [-0.2, -0.15) is 0 Å². The van der Waals surface area contributed by atoms with Gasteiger partial charge in [-0.15, -0.1) is 0 Å². The molecule has 2 aromatic heterocycles. The Morgan fingerprint density at radius 3 is 1.25 bits per heavy atom. The molecule has 0 amide bonds. The van der Waals surface area contributed by atoms with Crippen LogP contribution in [-0.2, 0) is 0 Å². The molecule has 4 heteroatoms. The van der Waals surface area contributed by atoms with Crippen molar-refractivity contribution in [1.29, 1.82) is 0 Å². The number of benzene rings is 9. The number of rotatable bonds is 5. The lowest BCUT2D eigenvalue weighted by atomic mass is 9.99. The Labute approximate surface area is 317 Å². The summed E-state index contributed by atoms with van der Waals surface area (Å²) in [6.45, 7) is 0. The predicted octanol–water partition coefficient (Wildman–Crippen LogP) is 13.6. The van der Waals surface area contributed by atoms with Crippen LogP contribution in [-0.4, -0.2) is 15.0 Å². The van der Waals surface area contributed by atoms with Gasteiger partial charge < -0.3 is 4.42 Å². The predicted molar refractivity (Wildman–Crippen MR) is 227 cm³/mol. The molecular weight excluding hydrogens is 671 g/mol. The number of nitrogens with zero attached hydrogens (tertiary/aromatic N) is 3. The molecule has 256 valence electrons. The van der Waals surface area contributed by atoms with Crippen LogP contribution >= 0.6 is 0 Å². The Kier molecular flexibility index (Phi) is 7.14. The molecule has 0 fully saturated rings. The summed E-state index contributed by atoms with van der Waals surface area (Å²) in [5, 5.41) is 9.00. The maximum absolute atomic E-state index is 6.26. The lowest BCUT2D eigenvalue weighted by Crippen LogP contribution is -2.00. The first-order valence-electron chi connectivity index (χ1n) is 18.5. The third kappa shape index (κ3) is 5.60. The molecule has 11 aromatic rings. The van der Waals surface area contributed by atoms with Gasteiger partial charge in [-0.05, 0) is 103 Å². The maximum Gasteiger partial charge on any atom is 0.164 e. The molecule has 0 aliphatic rings. The van der Waals surface area contributed by atoms with Crippen LogP contribution in [0.2, 0.25) is 0 Å². The second-order valence-electron chi connectivity index (χ2n) is 14.1. The molecule has 4 nitrogen and oxygen atoms in total. The third-order valence-electron chi connectivity index (χ3n) is 10.6. The molecule has 2 heterocycles. The summed E-state index contributed by atoms with van der Waals surface area (Å²) < 4.78 is 6.26. The molecular formula is C51H31N3O. The largest absolute Gasteiger partial charge is 0.456 e. The quantitative estimate of drug-likeness (QED) is 0.179. The zero-order chi connectivity index (χ0) is 36.3. The average Bonchev–Trinajstić information content (AvgIpc) is 3.62. The number of hydrogen-bond acceptors (Lipinski definition) is 4. The maximum atomic E-state index is 6.26. The summed E-state index contributed by atoms with van der Waals surface area (Å²) in [4.78, 5) is 15.4. The molecule has 11 rings (SSSR count). The Bertz CT molecular complexity index is 3260. The monoisotopic (exact) mass is 701 g/mol. The van der Waals surface area contributed by atoms with Crippen molar-refractivity contribution in [3.63, 3.8) is 0 Å². The summed E-state index contributed by atoms with van der Waals surface area (Å²) in [6.07, 6.45) is 0. The molecule has 0 bridgehead atoms. The summed E-state index contributed by atoms with van der Waals surface area (Å²) in [5.41, 5.74) is 9.26. The summed E-state index contributed by atoms with van der Waals surface area (Å²) >= 11 is 0. The highest BCUT2D eigenvalue weighted by Gasteiger charge is 2.15. The molecule has 0 saturated heterocycles. The molecule has 55 heavy (non-hydrogen) atoms. The zero-order valence-corrected chi connectivity index (χ0v) is 29.6. The third-order valence-corrected chi connectivity index (χ3v) is 10.6. The molecule has 0 aliphatic carbocycles. The highest BCUT2D eigenvalue weighted by molar-refractivity contribution is 6.10. The zero-order valence-electron chi connectivity index (χ0n) is 29.6. The van der Waals surface area contributed by atoms with Crippen molar-refractivity contribution in [3.05, 3.63) is 188 Å². The van der Waals surface area contributed by atoms with E-state index >= 15 is 0 Å². The Morgan fingerprint density at radius 2 is 0.673 bits per heavy atom.